The highest BCUT2D eigenvalue weighted by molar-refractivity contribution is 5.49. The Bertz CT molecular complexity index is 783. The van der Waals surface area contributed by atoms with Crippen LogP contribution in [-0.4, -0.2) is 41.1 Å². The van der Waals surface area contributed by atoms with Crippen molar-refractivity contribution in [2.24, 2.45) is 0 Å². The quantitative estimate of drug-likeness (QED) is 0.681. The van der Waals surface area contributed by atoms with E-state index in [1.807, 2.05) is 0 Å². The zero-order valence-corrected chi connectivity index (χ0v) is 20.8. The SMILES string of the molecule is CC(C)(c1ccccc1)c1cc(CN2CCCCC2)c(O)c(CN2CCCCC2)c1.[Br-]. The highest BCUT2D eigenvalue weighted by Crippen LogP contribution is 2.37. The third-order valence-electron chi connectivity index (χ3n) is 7.17. The van der Waals surface area contributed by atoms with E-state index in [1.165, 1.54) is 49.7 Å². The molecule has 0 radical (unpaired) electrons. The molecule has 0 unspecified atom stereocenters. The van der Waals surface area contributed by atoms with E-state index in [-0.39, 0.29) is 22.4 Å². The molecule has 3 nitrogen and oxygen atoms in total. The van der Waals surface area contributed by atoms with Gasteiger partial charge in [-0.3, -0.25) is 9.80 Å². The van der Waals surface area contributed by atoms with E-state index < -0.39 is 0 Å². The lowest BCUT2D eigenvalue weighted by molar-refractivity contribution is -0.00000731. The van der Waals surface area contributed by atoms with Crippen LogP contribution in [0.15, 0.2) is 42.5 Å². The van der Waals surface area contributed by atoms with Crippen molar-refractivity contribution in [1.82, 2.24) is 9.80 Å². The molecule has 31 heavy (non-hydrogen) atoms. The maximum absolute atomic E-state index is 11.3. The normalized spacial score (nSPS) is 18.5. The molecule has 2 saturated heterocycles. The van der Waals surface area contributed by atoms with E-state index in [2.05, 4.69) is 66.1 Å². The summed E-state index contributed by atoms with van der Waals surface area (Å²) in [5.74, 6) is 0.527. The summed E-state index contributed by atoms with van der Waals surface area (Å²) in [7, 11) is 0. The molecule has 4 rings (SSSR count). The van der Waals surface area contributed by atoms with Gasteiger partial charge in [0.1, 0.15) is 5.75 Å². The number of benzene rings is 2. The summed E-state index contributed by atoms with van der Waals surface area (Å²) >= 11 is 0. The van der Waals surface area contributed by atoms with Gasteiger partial charge in [-0.1, -0.05) is 57.0 Å². The Morgan fingerprint density at radius 1 is 0.710 bits per heavy atom. The highest BCUT2D eigenvalue weighted by Gasteiger charge is 2.26. The van der Waals surface area contributed by atoms with E-state index in [4.69, 9.17) is 0 Å². The minimum absolute atomic E-state index is 0. The highest BCUT2D eigenvalue weighted by atomic mass is 79.9. The van der Waals surface area contributed by atoms with Crippen LogP contribution >= 0.6 is 0 Å². The predicted octanol–water partition coefficient (Wildman–Crippen LogP) is 2.69. The van der Waals surface area contributed by atoms with Gasteiger partial charge in [0.05, 0.1) is 0 Å². The average molecular weight is 487 g/mol. The molecule has 2 aromatic carbocycles. The first-order chi connectivity index (χ1) is 14.5. The third kappa shape index (κ3) is 5.91. The van der Waals surface area contributed by atoms with Crippen LogP contribution in [0.25, 0.3) is 0 Å². The van der Waals surface area contributed by atoms with Crippen LogP contribution in [-0.2, 0) is 18.5 Å². The first-order valence-corrected chi connectivity index (χ1v) is 11.9. The van der Waals surface area contributed by atoms with Gasteiger partial charge < -0.3 is 22.1 Å². The van der Waals surface area contributed by atoms with Crippen molar-refractivity contribution in [2.45, 2.75) is 70.9 Å². The molecule has 170 valence electrons. The molecule has 0 bridgehead atoms. The van der Waals surface area contributed by atoms with Gasteiger partial charge in [-0.05, 0) is 75.1 Å². The molecule has 4 heteroatoms. The Hall–Kier alpha value is -1.36. The number of nitrogens with zero attached hydrogens (tertiary/aromatic N) is 2. The summed E-state index contributed by atoms with van der Waals surface area (Å²) < 4.78 is 0. The maximum Gasteiger partial charge on any atom is 0.124 e. The summed E-state index contributed by atoms with van der Waals surface area (Å²) in [6.45, 7) is 10.9. The van der Waals surface area contributed by atoms with Crippen LogP contribution in [0.5, 0.6) is 5.75 Å². The number of hydrogen-bond donors (Lipinski definition) is 1. The lowest BCUT2D eigenvalue weighted by Crippen LogP contribution is -3.00. The molecule has 1 N–H and O–H groups in total. The molecular formula is C27H38BrN2O-. The van der Waals surface area contributed by atoms with Crippen molar-refractivity contribution in [3.63, 3.8) is 0 Å². The van der Waals surface area contributed by atoms with E-state index in [9.17, 15) is 5.11 Å². The summed E-state index contributed by atoms with van der Waals surface area (Å²) in [6.07, 6.45) is 7.77. The van der Waals surface area contributed by atoms with Crippen LogP contribution in [0.2, 0.25) is 0 Å². The standard InChI is InChI=1S/C27H38N2O.BrH/c1-27(2,24-12-6-3-7-13-24)25-18-22(20-28-14-8-4-9-15-28)26(30)23(19-25)21-29-16-10-5-11-17-29;/h3,6-7,12-13,18-19,30H,4-5,8-11,14-17,20-21H2,1-2H3;1H/p-1. The molecule has 2 heterocycles. The molecule has 0 saturated carbocycles. The second-order valence-corrected chi connectivity index (χ2v) is 9.81. The predicted molar refractivity (Wildman–Crippen MR) is 125 cm³/mol. The number of likely N-dealkylation sites (tertiary alicyclic amines) is 2. The van der Waals surface area contributed by atoms with Crippen LogP contribution in [0.4, 0.5) is 0 Å². The van der Waals surface area contributed by atoms with Gasteiger partial charge in [0.15, 0.2) is 0 Å². The number of hydrogen-bond acceptors (Lipinski definition) is 3. The van der Waals surface area contributed by atoms with Crippen molar-refractivity contribution >= 4 is 0 Å². The largest absolute Gasteiger partial charge is 1.00 e. The van der Waals surface area contributed by atoms with Gasteiger partial charge in [0.25, 0.3) is 0 Å². The first-order valence-electron chi connectivity index (χ1n) is 11.9. The van der Waals surface area contributed by atoms with Crippen molar-refractivity contribution in [1.29, 1.82) is 0 Å². The van der Waals surface area contributed by atoms with Gasteiger partial charge in [-0.25, -0.2) is 0 Å². The first kappa shape index (κ1) is 24.3. The molecule has 0 atom stereocenters. The summed E-state index contributed by atoms with van der Waals surface area (Å²) in [6, 6.07) is 15.3. The fraction of sp³-hybridized carbons (Fsp3) is 0.556. The van der Waals surface area contributed by atoms with Gasteiger partial charge in [0, 0.05) is 29.6 Å². The van der Waals surface area contributed by atoms with Gasteiger partial charge >= 0.3 is 0 Å². The van der Waals surface area contributed by atoms with Crippen LogP contribution in [0.3, 0.4) is 0 Å². The van der Waals surface area contributed by atoms with E-state index in [0.717, 1.165) is 50.4 Å². The molecule has 0 spiro atoms. The Morgan fingerprint density at radius 3 is 1.61 bits per heavy atom. The monoisotopic (exact) mass is 485 g/mol. The van der Waals surface area contributed by atoms with Crippen molar-refractivity contribution in [2.75, 3.05) is 26.2 Å². The van der Waals surface area contributed by atoms with Crippen molar-refractivity contribution in [3.8, 4) is 5.75 Å². The van der Waals surface area contributed by atoms with Crippen LogP contribution in [0, 0.1) is 0 Å². The number of phenolic OH excluding ortho intramolecular Hbond substituents is 1. The van der Waals surface area contributed by atoms with Crippen molar-refractivity contribution in [3.05, 3.63) is 64.7 Å². The molecule has 2 aromatic rings. The van der Waals surface area contributed by atoms with Gasteiger partial charge in [0.2, 0.25) is 0 Å². The summed E-state index contributed by atoms with van der Waals surface area (Å²) in [5, 5.41) is 11.3. The maximum atomic E-state index is 11.3. The van der Waals surface area contributed by atoms with E-state index >= 15 is 0 Å². The minimum atomic E-state index is -0.0950. The van der Waals surface area contributed by atoms with E-state index in [1.54, 1.807) is 0 Å². The second kappa shape index (κ2) is 11.0. The minimum Gasteiger partial charge on any atom is -1.00 e. The molecule has 2 aliphatic rings. The molecular weight excluding hydrogens is 448 g/mol. The smallest absolute Gasteiger partial charge is 0.124 e. The topological polar surface area (TPSA) is 26.7 Å². The van der Waals surface area contributed by atoms with Gasteiger partial charge in [-0.15, -0.1) is 0 Å². The Labute approximate surface area is 199 Å². The Balaban J connectivity index is 0.00000272. The number of phenols is 1. The Morgan fingerprint density at radius 2 is 1.16 bits per heavy atom. The Kier molecular flexibility index (Phi) is 8.60. The lowest BCUT2D eigenvalue weighted by Gasteiger charge is -2.32. The van der Waals surface area contributed by atoms with Crippen LogP contribution in [0.1, 0.15) is 74.6 Å². The fourth-order valence-corrected chi connectivity index (χ4v) is 5.10. The number of aromatic hydroxyl groups is 1. The zero-order chi connectivity index (χ0) is 21.0. The van der Waals surface area contributed by atoms with Gasteiger partial charge in [-0.2, -0.15) is 0 Å². The molecule has 0 aromatic heterocycles. The van der Waals surface area contributed by atoms with Crippen molar-refractivity contribution < 1.29 is 22.1 Å². The summed E-state index contributed by atoms with van der Waals surface area (Å²) in [4.78, 5) is 5.03. The number of rotatable bonds is 6. The third-order valence-corrected chi connectivity index (χ3v) is 7.17. The summed E-state index contributed by atoms with van der Waals surface area (Å²) in [5.41, 5.74) is 4.74. The molecule has 2 fully saturated rings. The fourth-order valence-electron chi connectivity index (χ4n) is 5.10. The molecule has 2 aliphatic heterocycles. The zero-order valence-electron chi connectivity index (χ0n) is 19.2. The van der Waals surface area contributed by atoms with E-state index in [0.29, 0.717) is 5.75 Å². The average Bonchev–Trinajstić information content (AvgIpc) is 2.78. The van der Waals surface area contributed by atoms with Crippen LogP contribution < -0.4 is 17.0 Å². The lowest BCUT2D eigenvalue weighted by atomic mass is 9.77. The number of piperidine rings is 2. The molecule has 0 amide bonds. The second-order valence-electron chi connectivity index (χ2n) is 9.81. The number of halogens is 1. The molecule has 0 aliphatic carbocycles.